The summed E-state index contributed by atoms with van der Waals surface area (Å²) in [7, 11) is 0. The summed E-state index contributed by atoms with van der Waals surface area (Å²) in [6, 6.07) is 7.10. The van der Waals surface area contributed by atoms with E-state index in [0.717, 1.165) is 13.1 Å². The van der Waals surface area contributed by atoms with Crippen LogP contribution in [0.1, 0.15) is 25.6 Å². The molecule has 0 atom stereocenters. The third-order valence-corrected chi connectivity index (χ3v) is 2.02. The number of amides is 1. The molecule has 2 nitrogen and oxygen atoms in total. The van der Waals surface area contributed by atoms with Crippen molar-refractivity contribution in [1.29, 1.82) is 0 Å². The SMILES string of the molecule is [2H]c1ccc(C(=O)N(CC)CC)cc1. The Morgan fingerprint density at radius 1 is 1.38 bits per heavy atom. The Labute approximate surface area is 80.6 Å². The topological polar surface area (TPSA) is 20.3 Å². The molecule has 0 spiro atoms. The van der Waals surface area contributed by atoms with Gasteiger partial charge in [-0.2, -0.15) is 0 Å². The molecule has 0 saturated heterocycles. The molecular weight excluding hydrogens is 162 g/mol. The number of benzene rings is 1. The van der Waals surface area contributed by atoms with E-state index >= 15 is 0 Å². The van der Waals surface area contributed by atoms with Crippen molar-refractivity contribution < 1.29 is 6.17 Å². The third kappa shape index (κ3) is 2.31. The van der Waals surface area contributed by atoms with Gasteiger partial charge < -0.3 is 4.90 Å². The zero-order valence-corrected chi connectivity index (χ0v) is 8.08. The van der Waals surface area contributed by atoms with E-state index in [4.69, 9.17) is 1.37 Å². The van der Waals surface area contributed by atoms with Gasteiger partial charge in [-0.05, 0) is 26.0 Å². The maximum absolute atomic E-state index is 11.8. The fourth-order valence-electron chi connectivity index (χ4n) is 1.22. The van der Waals surface area contributed by atoms with Gasteiger partial charge in [0.15, 0.2) is 0 Å². The van der Waals surface area contributed by atoms with Crippen molar-refractivity contribution in [2.24, 2.45) is 0 Å². The number of nitrogens with zero attached hydrogens (tertiary/aromatic N) is 1. The smallest absolute Gasteiger partial charge is 0.253 e. The number of carbonyl (C=O) groups excluding carboxylic acids is 1. The van der Waals surface area contributed by atoms with E-state index in [9.17, 15) is 4.79 Å². The maximum Gasteiger partial charge on any atom is 0.253 e. The van der Waals surface area contributed by atoms with Gasteiger partial charge in [0.05, 0.1) is 1.37 Å². The fraction of sp³-hybridized carbons (Fsp3) is 0.364. The molecule has 1 rings (SSSR count). The summed E-state index contributed by atoms with van der Waals surface area (Å²) >= 11 is 0. The third-order valence-electron chi connectivity index (χ3n) is 2.02. The second-order valence-corrected chi connectivity index (χ2v) is 2.77. The normalized spacial score (nSPS) is 10.8. The van der Waals surface area contributed by atoms with Gasteiger partial charge >= 0.3 is 0 Å². The second-order valence-electron chi connectivity index (χ2n) is 2.77. The van der Waals surface area contributed by atoms with Gasteiger partial charge in [0.25, 0.3) is 5.91 Å². The molecule has 1 amide bonds. The van der Waals surface area contributed by atoms with E-state index < -0.39 is 0 Å². The van der Waals surface area contributed by atoms with Crippen LogP contribution in [0.3, 0.4) is 0 Å². The van der Waals surface area contributed by atoms with Gasteiger partial charge in [0.1, 0.15) is 0 Å². The Morgan fingerprint density at radius 2 is 1.92 bits per heavy atom. The van der Waals surface area contributed by atoms with E-state index in [0.29, 0.717) is 11.6 Å². The van der Waals surface area contributed by atoms with Crippen LogP contribution in [-0.4, -0.2) is 23.9 Å². The van der Waals surface area contributed by atoms with Crippen LogP contribution in [0.4, 0.5) is 0 Å². The van der Waals surface area contributed by atoms with Crippen molar-refractivity contribution in [2.75, 3.05) is 13.1 Å². The maximum atomic E-state index is 11.8. The molecule has 13 heavy (non-hydrogen) atoms. The van der Waals surface area contributed by atoms with Gasteiger partial charge in [-0.1, -0.05) is 18.2 Å². The van der Waals surface area contributed by atoms with Gasteiger partial charge in [-0.25, -0.2) is 0 Å². The Kier molecular flexibility index (Phi) is 2.97. The lowest BCUT2D eigenvalue weighted by atomic mass is 10.2. The molecular formula is C11H15NO. The summed E-state index contributed by atoms with van der Waals surface area (Å²) in [6.07, 6.45) is 0. The molecule has 0 aliphatic rings. The molecule has 0 aromatic heterocycles. The van der Waals surface area contributed by atoms with Gasteiger partial charge in [-0.3, -0.25) is 4.79 Å². The monoisotopic (exact) mass is 178 g/mol. The molecule has 0 bridgehead atoms. The summed E-state index contributed by atoms with van der Waals surface area (Å²) in [5, 5.41) is 0. The summed E-state index contributed by atoms with van der Waals surface area (Å²) < 4.78 is 7.30. The van der Waals surface area contributed by atoms with E-state index in [1.165, 1.54) is 0 Å². The molecule has 0 unspecified atom stereocenters. The van der Waals surface area contributed by atoms with E-state index in [2.05, 4.69) is 0 Å². The molecule has 0 radical (unpaired) electrons. The van der Waals surface area contributed by atoms with Crippen LogP contribution >= 0.6 is 0 Å². The average molecular weight is 178 g/mol. The van der Waals surface area contributed by atoms with Crippen molar-refractivity contribution in [3.05, 3.63) is 35.9 Å². The van der Waals surface area contributed by atoms with Crippen LogP contribution in [0.15, 0.2) is 30.3 Å². The predicted octanol–water partition coefficient (Wildman–Crippen LogP) is 2.17. The molecule has 0 aliphatic carbocycles. The quantitative estimate of drug-likeness (QED) is 0.694. The standard InChI is InChI=1S/C11H15NO/c1-3-12(4-2)11(13)10-8-6-5-7-9-10/h5-9H,3-4H2,1-2H3/i5D. The van der Waals surface area contributed by atoms with Crippen LogP contribution in [-0.2, 0) is 0 Å². The minimum atomic E-state index is 0.0370. The zero-order chi connectivity index (χ0) is 10.6. The lowest BCUT2D eigenvalue weighted by Crippen LogP contribution is -2.30. The first kappa shape index (κ1) is 8.30. The number of hydrogen-bond donors (Lipinski definition) is 0. The van der Waals surface area contributed by atoms with Crippen LogP contribution in [0, 0.1) is 0 Å². The highest BCUT2D eigenvalue weighted by Gasteiger charge is 2.10. The molecule has 1 aromatic rings. The molecule has 0 heterocycles. The van der Waals surface area contributed by atoms with Gasteiger partial charge in [0.2, 0.25) is 0 Å². The van der Waals surface area contributed by atoms with Crippen molar-refractivity contribution in [2.45, 2.75) is 13.8 Å². The highest BCUT2D eigenvalue weighted by atomic mass is 16.2. The Balaban J connectivity index is 2.83. The molecule has 0 N–H and O–H groups in total. The summed E-state index contributed by atoms with van der Waals surface area (Å²) in [5.74, 6) is 0.0370. The molecule has 0 saturated carbocycles. The Hall–Kier alpha value is -1.31. The minimum absolute atomic E-state index is 0.0370. The van der Waals surface area contributed by atoms with Crippen molar-refractivity contribution in [3.8, 4) is 0 Å². The van der Waals surface area contributed by atoms with Gasteiger partial charge in [-0.15, -0.1) is 0 Å². The van der Waals surface area contributed by atoms with Crippen molar-refractivity contribution >= 4 is 5.91 Å². The van der Waals surface area contributed by atoms with Crippen LogP contribution in [0.2, 0.25) is 0 Å². The zero-order valence-electron chi connectivity index (χ0n) is 9.08. The molecule has 70 valence electrons. The number of rotatable bonds is 3. The Morgan fingerprint density at radius 3 is 2.38 bits per heavy atom. The number of carbonyl (C=O) groups is 1. The molecule has 0 aliphatic heterocycles. The molecule has 0 fully saturated rings. The second kappa shape index (κ2) is 4.65. The van der Waals surface area contributed by atoms with Crippen LogP contribution < -0.4 is 0 Å². The lowest BCUT2D eigenvalue weighted by Gasteiger charge is -2.18. The van der Waals surface area contributed by atoms with Crippen LogP contribution in [0.25, 0.3) is 0 Å². The van der Waals surface area contributed by atoms with E-state index in [1.54, 1.807) is 29.2 Å². The summed E-state index contributed by atoms with van der Waals surface area (Å²) in [4.78, 5) is 13.5. The first-order chi connectivity index (χ1) is 6.69. The first-order valence-corrected chi connectivity index (χ1v) is 4.55. The fourth-order valence-corrected chi connectivity index (χ4v) is 1.22. The summed E-state index contributed by atoms with van der Waals surface area (Å²) in [6.45, 7) is 5.36. The van der Waals surface area contributed by atoms with Crippen LogP contribution in [0.5, 0.6) is 0 Å². The highest BCUT2D eigenvalue weighted by molar-refractivity contribution is 5.94. The van der Waals surface area contributed by atoms with Crippen molar-refractivity contribution in [3.63, 3.8) is 0 Å². The average Bonchev–Trinajstić information content (AvgIpc) is 2.20. The lowest BCUT2D eigenvalue weighted by molar-refractivity contribution is 0.0773. The van der Waals surface area contributed by atoms with E-state index in [-0.39, 0.29) is 5.91 Å². The minimum Gasteiger partial charge on any atom is -0.339 e. The first-order valence-electron chi connectivity index (χ1n) is 5.05. The van der Waals surface area contributed by atoms with Crippen molar-refractivity contribution in [1.82, 2.24) is 4.90 Å². The molecule has 1 aromatic carbocycles. The summed E-state index contributed by atoms with van der Waals surface area (Å²) in [5.41, 5.74) is 0.657. The van der Waals surface area contributed by atoms with Gasteiger partial charge in [0, 0.05) is 18.7 Å². The largest absolute Gasteiger partial charge is 0.339 e. The van der Waals surface area contributed by atoms with E-state index in [1.807, 2.05) is 13.8 Å². The predicted molar refractivity (Wildman–Crippen MR) is 53.7 cm³/mol. The highest BCUT2D eigenvalue weighted by Crippen LogP contribution is 2.03. The number of hydrogen-bond acceptors (Lipinski definition) is 1. The Bertz CT molecular complexity index is 304. The molecule has 2 heteroatoms.